The van der Waals surface area contributed by atoms with E-state index < -0.39 is 6.10 Å². The highest BCUT2D eigenvalue weighted by Gasteiger charge is 2.19. The fourth-order valence-corrected chi connectivity index (χ4v) is 2.73. The van der Waals surface area contributed by atoms with E-state index in [1.54, 1.807) is 11.8 Å². The third-order valence-corrected chi connectivity index (χ3v) is 4.35. The van der Waals surface area contributed by atoms with Crippen LogP contribution in [0.25, 0.3) is 0 Å². The first-order chi connectivity index (χ1) is 9.70. The molecule has 0 fully saturated rings. The molecule has 0 saturated carbocycles. The fourth-order valence-electron chi connectivity index (χ4n) is 2.32. The maximum Gasteiger partial charge on any atom is 0.223 e. The van der Waals surface area contributed by atoms with E-state index in [1.165, 1.54) is 4.90 Å². The van der Waals surface area contributed by atoms with E-state index in [1.807, 2.05) is 30.5 Å². The molecule has 2 N–H and O–H groups in total. The molecule has 4 heteroatoms. The van der Waals surface area contributed by atoms with E-state index in [9.17, 15) is 9.90 Å². The average molecular weight is 291 g/mol. The number of allylic oxidation sites excluding steroid dienone is 2. The summed E-state index contributed by atoms with van der Waals surface area (Å²) < 4.78 is 0. The van der Waals surface area contributed by atoms with E-state index >= 15 is 0 Å². The summed E-state index contributed by atoms with van der Waals surface area (Å²) in [6, 6.07) is 7.78. The van der Waals surface area contributed by atoms with Crippen molar-refractivity contribution < 1.29 is 9.90 Å². The predicted octanol–water partition coefficient (Wildman–Crippen LogP) is 2.91. The Labute approximate surface area is 124 Å². The molecule has 1 amide bonds. The maximum absolute atomic E-state index is 12.0. The minimum absolute atomic E-state index is 0.0501. The Bertz CT molecular complexity index is 470. The molecule has 2 rings (SSSR count). The topological polar surface area (TPSA) is 49.3 Å². The molecule has 2 atom stereocenters. The lowest BCUT2D eigenvalue weighted by Crippen LogP contribution is -2.34. The Morgan fingerprint density at radius 2 is 2.15 bits per heavy atom. The van der Waals surface area contributed by atoms with Crippen LogP contribution in [0.3, 0.4) is 0 Å². The Balaban J connectivity index is 1.83. The number of amides is 1. The highest BCUT2D eigenvalue weighted by atomic mass is 32.2. The molecule has 0 bridgehead atoms. The number of hydrogen-bond acceptors (Lipinski definition) is 3. The lowest BCUT2D eigenvalue weighted by molar-refractivity contribution is -0.125. The van der Waals surface area contributed by atoms with Crippen LogP contribution in [0.15, 0.2) is 41.3 Å². The van der Waals surface area contributed by atoms with Crippen molar-refractivity contribution in [2.24, 2.45) is 5.92 Å². The summed E-state index contributed by atoms with van der Waals surface area (Å²) in [5.41, 5.74) is 0.839. The van der Waals surface area contributed by atoms with Crippen LogP contribution in [0, 0.1) is 5.92 Å². The first kappa shape index (κ1) is 15.1. The molecule has 0 saturated heterocycles. The van der Waals surface area contributed by atoms with Crippen LogP contribution in [-0.4, -0.2) is 23.8 Å². The second-order valence-corrected chi connectivity index (χ2v) is 5.90. The van der Waals surface area contributed by atoms with E-state index in [4.69, 9.17) is 0 Å². The van der Waals surface area contributed by atoms with E-state index in [0.29, 0.717) is 0 Å². The monoisotopic (exact) mass is 291 g/mol. The number of benzene rings is 1. The van der Waals surface area contributed by atoms with Gasteiger partial charge >= 0.3 is 0 Å². The number of carbonyl (C=O) groups excluding carboxylic acids is 1. The summed E-state index contributed by atoms with van der Waals surface area (Å²) in [5, 5.41) is 12.9. The number of aliphatic hydroxyl groups excluding tert-OH is 1. The van der Waals surface area contributed by atoms with Crippen molar-refractivity contribution in [3.63, 3.8) is 0 Å². The number of nitrogens with one attached hydrogen (secondary N) is 1. The summed E-state index contributed by atoms with van der Waals surface area (Å²) in [6.07, 6.45) is 8.23. The maximum atomic E-state index is 12.0. The van der Waals surface area contributed by atoms with Crippen molar-refractivity contribution in [3.8, 4) is 0 Å². The van der Waals surface area contributed by atoms with Gasteiger partial charge in [0.25, 0.3) is 0 Å². The zero-order valence-corrected chi connectivity index (χ0v) is 12.5. The molecule has 20 heavy (non-hydrogen) atoms. The molecule has 3 nitrogen and oxygen atoms in total. The van der Waals surface area contributed by atoms with Crippen LogP contribution >= 0.6 is 11.8 Å². The third-order valence-electron chi connectivity index (χ3n) is 3.61. The number of thioether (sulfide) groups is 1. The minimum Gasteiger partial charge on any atom is -0.387 e. The van der Waals surface area contributed by atoms with Gasteiger partial charge < -0.3 is 10.4 Å². The molecule has 0 radical (unpaired) electrons. The Kier molecular flexibility index (Phi) is 5.68. The van der Waals surface area contributed by atoms with Gasteiger partial charge in [-0.05, 0) is 43.2 Å². The fraction of sp³-hybridized carbons (Fsp3) is 0.438. The van der Waals surface area contributed by atoms with Gasteiger partial charge in [0.15, 0.2) is 0 Å². The van der Waals surface area contributed by atoms with Gasteiger partial charge in [0, 0.05) is 17.4 Å². The van der Waals surface area contributed by atoms with Crippen LogP contribution in [0.1, 0.15) is 30.9 Å². The third kappa shape index (κ3) is 4.12. The average Bonchev–Trinajstić information content (AvgIpc) is 2.53. The first-order valence-corrected chi connectivity index (χ1v) is 8.18. The number of hydrogen-bond donors (Lipinski definition) is 2. The number of rotatable bonds is 5. The zero-order valence-electron chi connectivity index (χ0n) is 11.7. The van der Waals surface area contributed by atoms with Crippen LogP contribution in [0.5, 0.6) is 0 Å². The van der Waals surface area contributed by atoms with Crippen molar-refractivity contribution >= 4 is 17.7 Å². The van der Waals surface area contributed by atoms with Crippen molar-refractivity contribution in [2.45, 2.75) is 30.3 Å². The first-order valence-electron chi connectivity index (χ1n) is 6.95. The second kappa shape index (κ2) is 7.50. The van der Waals surface area contributed by atoms with Gasteiger partial charge in [-0.15, -0.1) is 11.8 Å². The van der Waals surface area contributed by atoms with Gasteiger partial charge in [0.2, 0.25) is 5.91 Å². The van der Waals surface area contributed by atoms with Crippen molar-refractivity contribution in [3.05, 3.63) is 42.0 Å². The smallest absolute Gasteiger partial charge is 0.223 e. The largest absolute Gasteiger partial charge is 0.387 e. The standard InChI is InChI=1S/C16H21NO2S/c1-20-14-9-7-12(8-10-14)15(18)11-17-16(19)13-5-3-2-4-6-13/h2-3,7-10,13,15,18H,4-6,11H2,1H3,(H,17,19). The summed E-state index contributed by atoms with van der Waals surface area (Å²) in [7, 11) is 0. The molecule has 0 aliphatic heterocycles. The number of carbonyl (C=O) groups is 1. The van der Waals surface area contributed by atoms with E-state index in [0.717, 1.165) is 24.8 Å². The zero-order chi connectivity index (χ0) is 14.4. The van der Waals surface area contributed by atoms with Gasteiger partial charge in [-0.2, -0.15) is 0 Å². The summed E-state index contributed by atoms with van der Waals surface area (Å²) in [4.78, 5) is 13.1. The second-order valence-electron chi connectivity index (χ2n) is 5.02. The Hall–Kier alpha value is -1.26. The van der Waals surface area contributed by atoms with Gasteiger partial charge in [0.05, 0.1) is 6.10 Å². The lowest BCUT2D eigenvalue weighted by atomic mass is 9.93. The normalized spacial score (nSPS) is 19.6. The van der Waals surface area contributed by atoms with Crippen molar-refractivity contribution in [2.75, 3.05) is 12.8 Å². The van der Waals surface area contributed by atoms with Crippen LogP contribution in [-0.2, 0) is 4.79 Å². The van der Waals surface area contributed by atoms with Gasteiger partial charge in [-0.1, -0.05) is 24.3 Å². The molecular formula is C16H21NO2S. The van der Waals surface area contributed by atoms with Gasteiger partial charge in [-0.25, -0.2) is 0 Å². The molecule has 1 aliphatic carbocycles. The summed E-state index contributed by atoms with van der Waals surface area (Å²) in [6.45, 7) is 0.275. The molecule has 0 aromatic heterocycles. The van der Waals surface area contributed by atoms with E-state index in [-0.39, 0.29) is 18.4 Å². The summed E-state index contributed by atoms with van der Waals surface area (Å²) in [5.74, 6) is 0.111. The van der Waals surface area contributed by atoms with E-state index in [2.05, 4.69) is 17.5 Å². The van der Waals surface area contributed by atoms with Crippen molar-refractivity contribution in [1.29, 1.82) is 0 Å². The van der Waals surface area contributed by atoms with Crippen molar-refractivity contribution in [1.82, 2.24) is 5.32 Å². The highest BCUT2D eigenvalue weighted by Crippen LogP contribution is 2.20. The molecule has 1 aromatic carbocycles. The van der Waals surface area contributed by atoms with Gasteiger partial charge in [-0.3, -0.25) is 4.79 Å². The van der Waals surface area contributed by atoms with Crippen LogP contribution in [0.4, 0.5) is 0 Å². The Morgan fingerprint density at radius 3 is 2.75 bits per heavy atom. The quantitative estimate of drug-likeness (QED) is 0.648. The lowest BCUT2D eigenvalue weighted by Gasteiger charge is -2.19. The molecule has 2 unspecified atom stereocenters. The Morgan fingerprint density at radius 1 is 1.40 bits per heavy atom. The molecule has 0 heterocycles. The van der Waals surface area contributed by atoms with Crippen LogP contribution < -0.4 is 5.32 Å². The van der Waals surface area contributed by atoms with Gasteiger partial charge in [0.1, 0.15) is 0 Å². The number of aliphatic hydroxyl groups is 1. The minimum atomic E-state index is -0.644. The molecule has 1 aliphatic rings. The predicted molar refractivity (Wildman–Crippen MR) is 82.7 cm³/mol. The summed E-state index contributed by atoms with van der Waals surface area (Å²) >= 11 is 1.67. The molecule has 108 valence electrons. The highest BCUT2D eigenvalue weighted by molar-refractivity contribution is 7.98. The van der Waals surface area contributed by atoms with Crippen LogP contribution in [0.2, 0.25) is 0 Å². The molecule has 1 aromatic rings. The molecular weight excluding hydrogens is 270 g/mol. The molecule has 0 spiro atoms. The SMILES string of the molecule is CSc1ccc(C(O)CNC(=O)C2CC=CCC2)cc1.